The fourth-order valence-electron chi connectivity index (χ4n) is 3.13. The van der Waals surface area contributed by atoms with Crippen LogP contribution in [0.3, 0.4) is 0 Å². The number of rotatable bonds is 5. The van der Waals surface area contributed by atoms with E-state index in [9.17, 15) is 0 Å². The topological polar surface area (TPSA) is 44.3 Å². The Morgan fingerprint density at radius 2 is 2.00 bits per heavy atom. The van der Waals surface area contributed by atoms with Crippen LogP contribution in [0.4, 0.5) is 11.8 Å². The summed E-state index contributed by atoms with van der Waals surface area (Å²) in [6, 6.07) is 7.96. The van der Waals surface area contributed by atoms with Gasteiger partial charge in [-0.25, -0.2) is 4.98 Å². The average molecular weight is 380 g/mol. The Labute approximate surface area is 159 Å². The largest absolute Gasteiger partial charge is 0.363 e. The number of hydrogen-bond acceptors (Lipinski definition) is 5. The molecule has 1 aliphatic heterocycles. The number of halogens is 2. The van der Waals surface area contributed by atoms with Gasteiger partial charge in [-0.3, -0.25) is 4.90 Å². The lowest BCUT2D eigenvalue weighted by Crippen LogP contribution is -2.41. The quantitative estimate of drug-likeness (QED) is 0.852. The Morgan fingerprint density at radius 3 is 2.72 bits per heavy atom. The number of piperidine rings is 1. The van der Waals surface area contributed by atoms with Crippen molar-refractivity contribution in [2.75, 3.05) is 37.4 Å². The van der Waals surface area contributed by atoms with Crippen molar-refractivity contribution in [3.63, 3.8) is 0 Å². The molecule has 25 heavy (non-hydrogen) atoms. The fraction of sp³-hybridized carbons (Fsp3) is 0.444. The van der Waals surface area contributed by atoms with Gasteiger partial charge < -0.3 is 10.2 Å². The molecule has 7 heteroatoms. The highest BCUT2D eigenvalue weighted by Crippen LogP contribution is 2.22. The number of benzene rings is 1. The molecule has 0 spiro atoms. The zero-order valence-electron chi connectivity index (χ0n) is 14.5. The van der Waals surface area contributed by atoms with Gasteiger partial charge in [-0.05, 0) is 49.2 Å². The van der Waals surface area contributed by atoms with Gasteiger partial charge in [-0.15, -0.1) is 0 Å². The van der Waals surface area contributed by atoms with E-state index in [1.165, 1.54) is 0 Å². The Hall–Kier alpha value is -1.56. The Bertz CT molecular complexity index is 702. The SMILES string of the molecule is CN(C)c1ccnc(NC2CCCN(Cc3cc(Cl)cc(Cl)c3)C2)n1. The number of aromatic nitrogens is 2. The first kappa shape index (κ1) is 18.2. The third kappa shape index (κ3) is 5.21. The minimum absolute atomic E-state index is 0.334. The van der Waals surface area contributed by atoms with Crippen molar-refractivity contribution in [1.82, 2.24) is 14.9 Å². The summed E-state index contributed by atoms with van der Waals surface area (Å²) in [5.41, 5.74) is 1.14. The van der Waals surface area contributed by atoms with Crippen LogP contribution in [0.2, 0.25) is 10.0 Å². The maximum atomic E-state index is 6.11. The molecule has 1 aromatic heterocycles. The van der Waals surface area contributed by atoms with Crippen LogP contribution < -0.4 is 10.2 Å². The molecule has 1 fully saturated rings. The van der Waals surface area contributed by atoms with Crippen LogP contribution in [0.1, 0.15) is 18.4 Å². The highest BCUT2D eigenvalue weighted by molar-refractivity contribution is 6.34. The minimum atomic E-state index is 0.334. The molecule has 0 bridgehead atoms. The van der Waals surface area contributed by atoms with Crippen molar-refractivity contribution < 1.29 is 0 Å². The van der Waals surface area contributed by atoms with E-state index in [2.05, 4.69) is 20.2 Å². The van der Waals surface area contributed by atoms with Crippen LogP contribution in [0.5, 0.6) is 0 Å². The number of nitrogens with zero attached hydrogens (tertiary/aromatic N) is 4. The first-order valence-electron chi connectivity index (χ1n) is 8.44. The van der Waals surface area contributed by atoms with Crippen molar-refractivity contribution in [1.29, 1.82) is 0 Å². The third-order valence-electron chi connectivity index (χ3n) is 4.27. The van der Waals surface area contributed by atoms with E-state index in [0.29, 0.717) is 22.0 Å². The van der Waals surface area contributed by atoms with Gasteiger partial charge in [-0.1, -0.05) is 23.2 Å². The van der Waals surface area contributed by atoms with Gasteiger partial charge in [0.05, 0.1) is 0 Å². The Balaban J connectivity index is 1.62. The predicted octanol–water partition coefficient (Wildman–Crippen LogP) is 3.93. The summed E-state index contributed by atoms with van der Waals surface area (Å²) in [6.45, 7) is 2.86. The smallest absolute Gasteiger partial charge is 0.224 e. The van der Waals surface area contributed by atoms with Crippen LogP contribution in [-0.2, 0) is 6.54 Å². The monoisotopic (exact) mass is 379 g/mol. The molecule has 0 radical (unpaired) electrons. The summed E-state index contributed by atoms with van der Waals surface area (Å²) >= 11 is 12.2. The highest BCUT2D eigenvalue weighted by Gasteiger charge is 2.21. The molecule has 1 atom stereocenters. The molecule has 1 unspecified atom stereocenters. The second-order valence-corrected chi connectivity index (χ2v) is 7.50. The molecular weight excluding hydrogens is 357 g/mol. The molecule has 1 aliphatic rings. The van der Waals surface area contributed by atoms with Gasteiger partial charge in [-0.2, -0.15) is 4.98 Å². The van der Waals surface area contributed by atoms with Gasteiger partial charge in [0.1, 0.15) is 5.82 Å². The van der Waals surface area contributed by atoms with E-state index in [4.69, 9.17) is 23.2 Å². The molecule has 1 saturated heterocycles. The predicted molar refractivity (Wildman–Crippen MR) is 105 cm³/mol. The van der Waals surface area contributed by atoms with Crippen molar-refractivity contribution in [2.24, 2.45) is 0 Å². The average Bonchev–Trinajstić information content (AvgIpc) is 2.54. The summed E-state index contributed by atoms with van der Waals surface area (Å²) in [4.78, 5) is 13.3. The number of hydrogen-bond donors (Lipinski definition) is 1. The molecular formula is C18H23Cl2N5. The molecule has 1 N–H and O–H groups in total. The number of likely N-dealkylation sites (tertiary alicyclic amines) is 1. The van der Waals surface area contributed by atoms with Gasteiger partial charge in [0.15, 0.2) is 0 Å². The van der Waals surface area contributed by atoms with Crippen molar-refractivity contribution in [3.8, 4) is 0 Å². The first-order valence-corrected chi connectivity index (χ1v) is 9.19. The zero-order valence-corrected chi connectivity index (χ0v) is 16.1. The minimum Gasteiger partial charge on any atom is -0.363 e. The molecule has 0 aliphatic carbocycles. The second-order valence-electron chi connectivity index (χ2n) is 6.63. The lowest BCUT2D eigenvalue weighted by molar-refractivity contribution is 0.208. The summed E-state index contributed by atoms with van der Waals surface area (Å²) in [7, 11) is 3.95. The standard InChI is InChI=1S/C18H23Cl2N5/c1-24(2)17-5-6-21-18(23-17)22-16-4-3-7-25(12-16)11-13-8-14(19)10-15(20)9-13/h5-6,8-10,16H,3-4,7,11-12H2,1-2H3,(H,21,22,23). The number of anilines is 2. The van der Waals surface area contributed by atoms with E-state index >= 15 is 0 Å². The van der Waals surface area contributed by atoms with Crippen LogP contribution in [-0.4, -0.2) is 48.1 Å². The van der Waals surface area contributed by atoms with E-state index in [1.807, 2.05) is 37.2 Å². The normalized spacial score (nSPS) is 18.2. The number of nitrogens with one attached hydrogen (secondary N) is 1. The van der Waals surface area contributed by atoms with Gasteiger partial charge in [0.25, 0.3) is 0 Å². The molecule has 134 valence electrons. The van der Waals surface area contributed by atoms with Crippen LogP contribution in [0, 0.1) is 0 Å². The molecule has 0 amide bonds. The van der Waals surface area contributed by atoms with E-state index in [0.717, 1.165) is 43.9 Å². The lowest BCUT2D eigenvalue weighted by Gasteiger charge is -2.33. The van der Waals surface area contributed by atoms with Crippen molar-refractivity contribution in [2.45, 2.75) is 25.4 Å². The molecule has 3 rings (SSSR count). The first-order chi connectivity index (χ1) is 12.0. The zero-order chi connectivity index (χ0) is 17.8. The molecule has 2 heterocycles. The Kier molecular flexibility index (Phi) is 5.99. The van der Waals surface area contributed by atoms with Crippen LogP contribution in [0.15, 0.2) is 30.5 Å². The third-order valence-corrected chi connectivity index (χ3v) is 4.70. The summed E-state index contributed by atoms with van der Waals surface area (Å²) in [5, 5.41) is 4.84. The summed E-state index contributed by atoms with van der Waals surface area (Å²) in [5.74, 6) is 1.59. The van der Waals surface area contributed by atoms with Gasteiger partial charge in [0, 0.05) is 49.5 Å². The molecule has 0 saturated carbocycles. The van der Waals surface area contributed by atoms with Crippen molar-refractivity contribution in [3.05, 3.63) is 46.1 Å². The lowest BCUT2D eigenvalue weighted by atomic mass is 10.0. The molecule has 2 aromatic rings. The van der Waals surface area contributed by atoms with Crippen molar-refractivity contribution >= 4 is 35.0 Å². The van der Waals surface area contributed by atoms with Crippen LogP contribution >= 0.6 is 23.2 Å². The second kappa shape index (κ2) is 8.21. The van der Waals surface area contributed by atoms with Gasteiger partial charge in [0.2, 0.25) is 5.95 Å². The maximum absolute atomic E-state index is 6.11. The van der Waals surface area contributed by atoms with E-state index in [-0.39, 0.29) is 0 Å². The van der Waals surface area contributed by atoms with Crippen LogP contribution in [0.25, 0.3) is 0 Å². The summed E-state index contributed by atoms with van der Waals surface area (Å²) < 4.78 is 0. The van der Waals surface area contributed by atoms with Gasteiger partial charge >= 0.3 is 0 Å². The summed E-state index contributed by atoms with van der Waals surface area (Å²) in [6.07, 6.45) is 4.04. The fourth-order valence-corrected chi connectivity index (χ4v) is 3.70. The molecule has 5 nitrogen and oxygen atoms in total. The van der Waals surface area contributed by atoms with E-state index in [1.54, 1.807) is 12.3 Å². The highest BCUT2D eigenvalue weighted by atomic mass is 35.5. The molecule has 1 aromatic carbocycles. The maximum Gasteiger partial charge on any atom is 0.224 e. The Morgan fingerprint density at radius 1 is 1.24 bits per heavy atom. The van der Waals surface area contributed by atoms with E-state index < -0.39 is 0 Å².